The highest BCUT2D eigenvalue weighted by molar-refractivity contribution is 6.01. The first-order valence-electron chi connectivity index (χ1n) is 22.0. The minimum atomic E-state index is -0.847. The van der Waals surface area contributed by atoms with E-state index >= 15 is 0 Å². The molecule has 62 heavy (non-hydrogen) atoms. The van der Waals surface area contributed by atoms with Crippen LogP contribution >= 0.6 is 0 Å². The summed E-state index contributed by atoms with van der Waals surface area (Å²) in [7, 11) is 6.60. The van der Waals surface area contributed by atoms with Gasteiger partial charge in [0.25, 0.3) is 11.8 Å². The fourth-order valence-corrected chi connectivity index (χ4v) is 8.15. The summed E-state index contributed by atoms with van der Waals surface area (Å²) in [5.41, 5.74) is 5.61. The van der Waals surface area contributed by atoms with E-state index in [2.05, 4.69) is 5.32 Å². The second kappa shape index (κ2) is 27.4. The Morgan fingerprint density at radius 1 is 0.839 bits per heavy atom. The number of nitrogens with two attached hydrogens (primary N) is 1. The van der Waals surface area contributed by atoms with Crippen molar-refractivity contribution in [2.45, 2.75) is 130 Å². The van der Waals surface area contributed by atoms with Crippen LogP contribution in [0.2, 0.25) is 0 Å². The van der Waals surface area contributed by atoms with Crippen molar-refractivity contribution in [2.75, 3.05) is 81.0 Å². The van der Waals surface area contributed by atoms with Crippen LogP contribution < -0.4 is 11.1 Å². The summed E-state index contributed by atoms with van der Waals surface area (Å²) in [4.78, 5) is 99.4. The minimum Gasteiger partial charge on any atom is -0.379 e. The zero-order valence-electron chi connectivity index (χ0n) is 39.1. The fourth-order valence-electron chi connectivity index (χ4n) is 8.15. The van der Waals surface area contributed by atoms with E-state index in [0.717, 1.165) is 6.42 Å². The van der Waals surface area contributed by atoms with Crippen LogP contribution in [-0.4, -0.2) is 179 Å². The molecule has 2 heterocycles. The molecule has 0 unspecified atom stereocenters. The Kier molecular flexibility index (Phi) is 24.1. The van der Waals surface area contributed by atoms with Gasteiger partial charge in [-0.25, -0.2) is 4.79 Å². The van der Waals surface area contributed by atoms with Crippen molar-refractivity contribution >= 4 is 41.4 Å². The molecule has 2 fully saturated rings. The van der Waals surface area contributed by atoms with E-state index in [1.807, 2.05) is 53.5 Å². The lowest BCUT2D eigenvalue weighted by Crippen LogP contribution is -2.60. The highest BCUT2D eigenvalue weighted by Gasteiger charge is 2.43. The van der Waals surface area contributed by atoms with Gasteiger partial charge in [0.05, 0.1) is 88.7 Å². The molecular weight excluding hydrogens is 809 g/mol. The number of hydrogen-bond acceptors (Lipinski definition) is 14. The van der Waals surface area contributed by atoms with Crippen molar-refractivity contribution in [3.63, 3.8) is 0 Å². The van der Waals surface area contributed by atoms with Crippen LogP contribution in [0.4, 0.5) is 0 Å². The SMILES string of the molecule is CC[C@H](C)[C@@H]([C@@H](CC(=O)N1CCC[C@H]1[C@H](OC)[C@@H](C)C(N)=O)OC)N(C)C(=O)[C@@H](NC(=O)[C@H](C(C)C)N(C)CCOCCOCCOCCC(=O)ON1C(=O)CCC1=O)C(C)C. The van der Waals surface area contributed by atoms with E-state index in [0.29, 0.717) is 50.8 Å². The number of nitrogens with zero attached hydrogens (tertiary/aromatic N) is 4. The Morgan fingerprint density at radius 3 is 1.94 bits per heavy atom. The average Bonchev–Trinajstić information content (AvgIpc) is 3.83. The number of ether oxygens (including phenoxy) is 5. The summed E-state index contributed by atoms with van der Waals surface area (Å²) >= 11 is 0. The quantitative estimate of drug-likeness (QED) is 0.0772. The van der Waals surface area contributed by atoms with E-state index in [-0.39, 0.29) is 87.0 Å². The Hall–Kier alpha value is -3.75. The van der Waals surface area contributed by atoms with E-state index in [1.165, 1.54) is 14.2 Å². The lowest BCUT2D eigenvalue weighted by molar-refractivity contribution is -0.198. The second-order valence-corrected chi connectivity index (χ2v) is 17.0. The number of carbonyl (C=O) groups is 7. The second-order valence-electron chi connectivity index (χ2n) is 17.0. The topological polar surface area (TPSA) is 226 Å². The van der Waals surface area contributed by atoms with Gasteiger partial charge in [-0.3, -0.25) is 33.7 Å². The predicted molar refractivity (Wildman–Crippen MR) is 228 cm³/mol. The third-order valence-corrected chi connectivity index (χ3v) is 11.9. The first-order valence-corrected chi connectivity index (χ1v) is 22.0. The molecule has 0 radical (unpaired) electrons. The largest absolute Gasteiger partial charge is 0.379 e. The molecule has 3 N–H and O–H groups in total. The summed E-state index contributed by atoms with van der Waals surface area (Å²) in [6, 6.07) is -2.21. The van der Waals surface area contributed by atoms with Crippen LogP contribution in [0.3, 0.4) is 0 Å². The van der Waals surface area contributed by atoms with Crippen molar-refractivity contribution in [1.82, 2.24) is 25.1 Å². The summed E-state index contributed by atoms with van der Waals surface area (Å²) in [6.07, 6.45) is 0.905. The minimum absolute atomic E-state index is 0.0120. The van der Waals surface area contributed by atoms with Gasteiger partial charge in [0.2, 0.25) is 23.6 Å². The smallest absolute Gasteiger partial charge is 0.335 e. The molecule has 2 aliphatic heterocycles. The van der Waals surface area contributed by atoms with E-state index in [1.54, 1.807) is 23.8 Å². The summed E-state index contributed by atoms with van der Waals surface area (Å²) < 4.78 is 28.3. The van der Waals surface area contributed by atoms with Crippen LogP contribution in [-0.2, 0) is 62.1 Å². The van der Waals surface area contributed by atoms with Gasteiger partial charge >= 0.3 is 5.97 Å². The number of nitrogens with one attached hydrogen (secondary N) is 1. The van der Waals surface area contributed by atoms with Crippen LogP contribution in [0.5, 0.6) is 0 Å². The highest BCUT2D eigenvalue weighted by Crippen LogP contribution is 2.29. The van der Waals surface area contributed by atoms with Crippen LogP contribution in [0.15, 0.2) is 0 Å². The molecule has 8 atom stereocenters. The Labute approximate surface area is 368 Å². The highest BCUT2D eigenvalue weighted by atomic mass is 16.7. The normalized spacial score (nSPS) is 19.1. The van der Waals surface area contributed by atoms with Crippen molar-refractivity contribution in [1.29, 1.82) is 0 Å². The average molecular weight is 885 g/mol. The Bertz CT molecular complexity index is 1450. The number of likely N-dealkylation sites (N-methyl/N-ethyl adjacent to an activating group) is 2. The molecule has 6 amide bonds. The predicted octanol–water partition coefficient (Wildman–Crippen LogP) is 1.54. The van der Waals surface area contributed by atoms with Gasteiger partial charge in [-0.1, -0.05) is 54.9 Å². The Balaban J connectivity index is 1.92. The zero-order valence-corrected chi connectivity index (χ0v) is 39.1. The summed E-state index contributed by atoms with van der Waals surface area (Å²) in [6.45, 7) is 15.8. The molecule has 0 aromatic heterocycles. The van der Waals surface area contributed by atoms with Gasteiger partial charge in [0.15, 0.2) is 0 Å². The Morgan fingerprint density at radius 2 is 1.42 bits per heavy atom. The first-order chi connectivity index (χ1) is 29.3. The third kappa shape index (κ3) is 16.1. The molecule has 0 aliphatic carbocycles. The van der Waals surface area contributed by atoms with Crippen molar-refractivity contribution in [2.24, 2.45) is 29.4 Å². The van der Waals surface area contributed by atoms with E-state index < -0.39 is 59.9 Å². The maximum Gasteiger partial charge on any atom is 0.335 e. The van der Waals surface area contributed by atoms with Gasteiger partial charge < -0.3 is 49.4 Å². The van der Waals surface area contributed by atoms with E-state index in [4.69, 9.17) is 34.3 Å². The summed E-state index contributed by atoms with van der Waals surface area (Å²) in [5, 5.41) is 3.56. The molecule has 0 aromatic rings. The van der Waals surface area contributed by atoms with Crippen molar-refractivity contribution in [3.05, 3.63) is 0 Å². The molecule has 0 saturated carbocycles. The van der Waals surface area contributed by atoms with Gasteiger partial charge in [0, 0.05) is 47.2 Å². The molecule has 0 bridgehead atoms. The van der Waals surface area contributed by atoms with Crippen LogP contribution in [0.25, 0.3) is 0 Å². The standard InChI is InChI=1S/C43H76N6O13/c1-12-29(6)39(32(57-10)26-35(52)48-18-13-14-31(48)40(58-11)30(7)41(44)54)47(9)43(56)37(27(2)3)45-42(55)38(28(4)5)46(8)19-21-60-23-25-61-24-22-59-20-17-36(53)62-49-33(50)15-16-34(49)51/h27-32,37-40H,12-26H2,1-11H3,(H2,44,54)(H,45,55)/t29-,30+,31-,32+,37-,38-,39-,40+/m0/s1. The molecule has 356 valence electrons. The number of amides is 6. The maximum absolute atomic E-state index is 14.4. The monoisotopic (exact) mass is 885 g/mol. The lowest BCUT2D eigenvalue weighted by Gasteiger charge is -2.41. The maximum atomic E-state index is 14.4. The number of carbonyl (C=O) groups excluding carboxylic acids is 7. The number of methoxy groups -OCH3 is 2. The molecule has 0 aromatic carbocycles. The lowest BCUT2D eigenvalue weighted by atomic mass is 9.89. The van der Waals surface area contributed by atoms with Gasteiger partial charge in [-0.05, 0) is 37.6 Å². The molecule has 19 heteroatoms. The third-order valence-electron chi connectivity index (χ3n) is 11.9. The van der Waals surface area contributed by atoms with Gasteiger partial charge in [-0.2, -0.15) is 0 Å². The molecule has 2 rings (SSSR count). The van der Waals surface area contributed by atoms with Crippen LogP contribution in [0, 0.1) is 23.7 Å². The summed E-state index contributed by atoms with van der Waals surface area (Å²) in [5.74, 6) is -4.00. The van der Waals surface area contributed by atoms with Crippen molar-refractivity contribution in [3.8, 4) is 0 Å². The van der Waals surface area contributed by atoms with Crippen LogP contribution in [0.1, 0.15) is 93.4 Å². The van der Waals surface area contributed by atoms with Crippen molar-refractivity contribution < 1.29 is 62.1 Å². The number of rotatable bonds is 30. The van der Waals surface area contributed by atoms with E-state index in [9.17, 15) is 33.6 Å². The number of hydrogen-bond donors (Lipinski definition) is 2. The molecular formula is C43H76N6O13. The van der Waals surface area contributed by atoms with Gasteiger partial charge in [0.1, 0.15) is 6.04 Å². The molecule has 2 saturated heterocycles. The fraction of sp³-hybridized carbons (Fsp3) is 0.837. The number of hydroxylamine groups is 2. The molecule has 19 nitrogen and oxygen atoms in total. The number of primary amides is 1. The zero-order chi connectivity index (χ0) is 46.7. The first kappa shape index (κ1) is 54.4. The van der Waals surface area contributed by atoms with Gasteiger partial charge in [-0.15, -0.1) is 5.06 Å². The molecule has 0 spiro atoms. The number of imide groups is 1. The number of likely N-dealkylation sites (tertiary alicyclic amines) is 1. The molecule has 2 aliphatic rings.